The molecule has 0 aromatic heterocycles. The van der Waals surface area contributed by atoms with Gasteiger partial charge in [-0.2, -0.15) is 0 Å². The fraction of sp³-hybridized carbons (Fsp3) is 0.316. The van der Waals surface area contributed by atoms with Crippen molar-refractivity contribution >= 4 is 11.6 Å². The molecule has 0 atom stereocenters. The third-order valence-electron chi connectivity index (χ3n) is 3.42. The fourth-order valence-electron chi connectivity index (χ4n) is 2.25. The molecule has 26 heavy (non-hydrogen) atoms. The summed E-state index contributed by atoms with van der Waals surface area (Å²) in [5, 5.41) is 2.73. The Kier molecular flexibility index (Phi) is 7.57. The van der Waals surface area contributed by atoms with E-state index in [4.69, 9.17) is 23.7 Å². The van der Waals surface area contributed by atoms with Crippen LogP contribution in [0.1, 0.15) is 0 Å². The maximum Gasteiger partial charge on any atom is 0.250 e. The smallest absolute Gasteiger partial charge is 0.250 e. The molecule has 0 unspecified atom stereocenters. The largest absolute Gasteiger partial charge is 0.493 e. The summed E-state index contributed by atoms with van der Waals surface area (Å²) in [6.07, 6.45) is 0. The highest BCUT2D eigenvalue weighted by molar-refractivity contribution is 5.92. The molecule has 2 aromatic carbocycles. The second-order valence-electron chi connectivity index (χ2n) is 5.18. The quantitative estimate of drug-likeness (QED) is 0.656. The summed E-state index contributed by atoms with van der Waals surface area (Å²) in [6.45, 7) is 0.577. The van der Waals surface area contributed by atoms with E-state index in [1.165, 1.54) is 21.3 Å². The fourth-order valence-corrected chi connectivity index (χ4v) is 2.25. The van der Waals surface area contributed by atoms with Crippen LogP contribution in [0.15, 0.2) is 42.5 Å². The number of anilines is 1. The normalized spacial score (nSPS) is 10.1. The molecule has 0 radical (unpaired) electrons. The molecule has 7 nitrogen and oxygen atoms in total. The van der Waals surface area contributed by atoms with Gasteiger partial charge in [0.2, 0.25) is 11.7 Å². The van der Waals surface area contributed by atoms with E-state index in [-0.39, 0.29) is 12.5 Å². The summed E-state index contributed by atoms with van der Waals surface area (Å²) in [7, 11) is 4.54. The standard InChI is InChI=1S/C19H23NO6/c1-22-16-11-14(12-17(23-2)19(16)24-3)20-18(21)13-25-9-10-26-15-7-5-4-6-8-15/h4-8,11-12H,9-10,13H2,1-3H3,(H,20,21). The molecular weight excluding hydrogens is 338 g/mol. The SMILES string of the molecule is COc1cc(NC(=O)COCCOc2ccccc2)cc(OC)c1OC. The summed E-state index contributed by atoms with van der Waals surface area (Å²) in [6, 6.07) is 12.7. The van der Waals surface area contributed by atoms with E-state index in [1.54, 1.807) is 12.1 Å². The molecule has 7 heteroatoms. The number of amides is 1. The molecule has 0 fully saturated rings. The zero-order valence-electron chi connectivity index (χ0n) is 15.1. The maximum absolute atomic E-state index is 12.0. The second-order valence-corrected chi connectivity index (χ2v) is 5.18. The maximum atomic E-state index is 12.0. The average molecular weight is 361 g/mol. The zero-order valence-corrected chi connectivity index (χ0v) is 15.1. The van der Waals surface area contributed by atoms with E-state index in [2.05, 4.69) is 5.32 Å². The lowest BCUT2D eigenvalue weighted by Crippen LogP contribution is -2.20. The zero-order chi connectivity index (χ0) is 18.8. The first-order valence-corrected chi connectivity index (χ1v) is 8.03. The van der Waals surface area contributed by atoms with Crippen LogP contribution in [0.25, 0.3) is 0 Å². The summed E-state index contributed by atoms with van der Waals surface area (Å²) in [4.78, 5) is 12.0. The first-order chi connectivity index (χ1) is 12.7. The molecule has 140 valence electrons. The van der Waals surface area contributed by atoms with Gasteiger partial charge in [-0.3, -0.25) is 4.79 Å². The van der Waals surface area contributed by atoms with Crippen LogP contribution < -0.4 is 24.3 Å². The van der Waals surface area contributed by atoms with Gasteiger partial charge >= 0.3 is 0 Å². The van der Waals surface area contributed by atoms with Crippen molar-refractivity contribution in [1.29, 1.82) is 0 Å². The number of methoxy groups -OCH3 is 3. The van der Waals surface area contributed by atoms with Gasteiger partial charge in [0.25, 0.3) is 0 Å². The van der Waals surface area contributed by atoms with Crippen molar-refractivity contribution in [2.75, 3.05) is 46.5 Å². The first kappa shape index (κ1) is 19.4. The minimum absolute atomic E-state index is 0.0885. The minimum atomic E-state index is -0.293. The molecular formula is C19H23NO6. The number of nitrogens with one attached hydrogen (secondary N) is 1. The van der Waals surface area contributed by atoms with E-state index in [0.717, 1.165) is 5.75 Å². The molecule has 1 N–H and O–H groups in total. The number of para-hydroxylation sites is 1. The van der Waals surface area contributed by atoms with Crippen LogP contribution in [0, 0.1) is 0 Å². The average Bonchev–Trinajstić information content (AvgIpc) is 2.67. The van der Waals surface area contributed by atoms with Gasteiger partial charge in [0.05, 0.1) is 27.9 Å². The number of ether oxygens (including phenoxy) is 5. The highest BCUT2D eigenvalue weighted by Crippen LogP contribution is 2.39. The lowest BCUT2D eigenvalue weighted by atomic mass is 10.2. The molecule has 0 saturated heterocycles. The number of carbonyl (C=O) groups is 1. The Morgan fingerprint density at radius 3 is 2.15 bits per heavy atom. The van der Waals surface area contributed by atoms with Crippen molar-refractivity contribution in [3.05, 3.63) is 42.5 Å². The van der Waals surface area contributed by atoms with Gasteiger partial charge in [-0.15, -0.1) is 0 Å². The van der Waals surface area contributed by atoms with Gasteiger partial charge in [-0.25, -0.2) is 0 Å². The number of carbonyl (C=O) groups excluding carboxylic acids is 1. The molecule has 0 bridgehead atoms. The lowest BCUT2D eigenvalue weighted by Gasteiger charge is -2.14. The molecule has 0 heterocycles. The topological polar surface area (TPSA) is 75.3 Å². The Labute approximate surface area is 152 Å². The van der Waals surface area contributed by atoms with E-state index >= 15 is 0 Å². The van der Waals surface area contributed by atoms with E-state index in [1.807, 2.05) is 30.3 Å². The van der Waals surface area contributed by atoms with Crippen LogP contribution in [-0.4, -0.2) is 47.1 Å². The van der Waals surface area contributed by atoms with Crippen LogP contribution in [0.4, 0.5) is 5.69 Å². The Morgan fingerprint density at radius 2 is 1.58 bits per heavy atom. The molecule has 2 rings (SSSR count). The predicted molar refractivity (Wildman–Crippen MR) is 97.5 cm³/mol. The predicted octanol–water partition coefficient (Wildman–Crippen LogP) is 2.75. The third-order valence-corrected chi connectivity index (χ3v) is 3.42. The summed E-state index contributed by atoms with van der Waals surface area (Å²) >= 11 is 0. The van der Waals surface area contributed by atoms with Gasteiger partial charge < -0.3 is 29.0 Å². The van der Waals surface area contributed by atoms with Crippen LogP contribution in [0.2, 0.25) is 0 Å². The van der Waals surface area contributed by atoms with Gasteiger partial charge in [-0.05, 0) is 12.1 Å². The molecule has 2 aromatic rings. The monoisotopic (exact) mass is 361 g/mol. The number of hydrogen-bond acceptors (Lipinski definition) is 6. The van der Waals surface area contributed by atoms with Crippen LogP contribution in [0.5, 0.6) is 23.0 Å². The Balaban J connectivity index is 1.80. The van der Waals surface area contributed by atoms with Gasteiger partial charge in [-0.1, -0.05) is 18.2 Å². The Hall–Kier alpha value is -2.93. The van der Waals surface area contributed by atoms with Crippen molar-refractivity contribution in [1.82, 2.24) is 0 Å². The highest BCUT2D eigenvalue weighted by Gasteiger charge is 2.14. The number of benzene rings is 2. The van der Waals surface area contributed by atoms with Crippen molar-refractivity contribution in [2.24, 2.45) is 0 Å². The van der Waals surface area contributed by atoms with E-state index in [9.17, 15) is 4.79 Å². The van der Waals surface area contributed by atoms with Crippen molar-refractivity contribution < 1.29 is 28.5 Å². The summed E-state index contributed by atoms with van der Waals surface area (Å²) < 4.78 is 26.6. The summed E-state index contributed by atoms with van der Waals surface area (Å²) in [5.41, 5.74) is 0.522. The van der Waals surface area contributed by atoms with Gasteiger partial charge in [0, 0.05) is 17.8 Å². The van der Waals surface area contributed by atoms with Gasteiger partial charge in [0.1, 0.15) is 19.0 Å². The second kappa shape index (κ2) is 10.1. The Bertz CT molecular complexity index is 679. The minimum Gasteiger partial charge on any atom is -0.493 e. The van der Waals surface area contributed by atoms with Crippen LogP contribution in [0.3, 0.4) is 0 Å². The Morgan fingerprint density at radius 1 is 0.923 bits per heavy atom. The molecule has 0 spiro atoms. The third kappa shape index (κ3) is 5.56. The molecule has 0 aliphatic carbocycles. The number of rotatable bonds is 10. The first-order valence-electron chi connectivity index (χ1n) is 8.03. The van der Waals surface area contributed by atoms with Gasteiger partial charge in [0.15, 0.2) is 11.5 Å². The number of hydrogen-bond donors (Lipinski definition) is 1. The van der Waals surface area contributed by atoms with E-state index < -0.39 is 0 Å². The highest BCUT2D eigenvalue weighted by atomic mass is 16.5. The van der Waals surface area contributed by atoms with E-state index in [0.29, 0.717) is 36.1 Å². The molecule has 0 saturated carbocycles. The van der Waals surface area contributed by atoms with Crippen molar-refractivity contribution in [3.8, 4) is 23.0 Å². The summed E-state index contributed by atoms with van der Waals surface area (Å²) in [5.74, 6) is 1.85. The lowest BCUT2D eigenvalue weighted by molar-refractivity contribution is -0.120. The molecule has 0 aliphatic heterocycles. The molecule has 0 aliphatic rings. The van der Waals surface area contributed by atoms with Crippen molar-refractivity contribution in [2.45, 2.75) is 0 Å². The molecule has 1 amide bonds. The van der Waals surface area contributed by atoms with Crippen LogP contribution >= 0.6 is 0 Å². The van der Waals surface area contributed by atoms with Crippen LogP contribution in [-0.2, 0) is 9.53 Å². The van der Waals surface area contributed by atoms with Crippen molar-refractivity contribution in [3.63, 3.8) is 0 Å².